The first-order valence-corrected chi connectivity index (χ1v) is 7.83. The maximum atomic E-state index is 5.61. The van der Waals surface area contributed by atoms with Gasteiger partial charge in [-0.15, -0.1) is 5.10 Å². The number of nitrogen functional groups attached to an aromatic ring is 1. The summed E-state index contributed by atoms with van der Waals surface area (Å²) < 4.78 is 5.55. The first kappa shape index (κ1) is 11.7. The van der Waals surface area contributed by atoms with Gasteiger partial charge in [0, 0.05) is 5.92 Å². The van der Waals surface area contributed by atoms with E-state index >= 15 is 0 Å². The minimum absolute atomic E-state index is 0.220. The van der Waals surface area contributed by atoms with Crippen LogP contribution in [0.25, 0.3) is 0 Å². The number of rotatable bonds is 3. The smallest absolute Gasteiger partial charge is 0.312 e. The minimum atomic E-state index is 0.220. The molecular formula is C15H23N3O. The van der Waals surface area contributed by atoms with E-state index in [1.807, 2.05) is 0 Å². The number of nitrogens with two attached hydrogens (primary N) is 1. The molecule has 5 rings (SSSR count). The molecule has 4 heteroatoms. The van der Waals surface area contributed by atoms with Crippen molar-refractivity contribution in [3.63, 3.8) is 0 Å². The van der Waals surface area contributed by atoms with Gasteiger partial charge in [-0.05, 0) is 68.1 Å². The molecule has 1 heterocycles. The van der Waals surface area contributed by atoms with Gasteiger partial charge in [0.15, 0.2) is 0 Å². The molecule has 0 aliphatic heterocycles. The number of anilines is 1. The molecule has 0 aromatic carbocycles. The van der Waals surface area contributed by atoms with Crippen molar-refractivity contribution < 1.29 is 4.42 Å². The Morgan fingerprint density at radius 3 is 2.21 bits per heavy atom. The minimum Gasteiger partial charge on any atom is -0.408 e. The summed E-state index contributed by atoms with van der Waals surface area (Å²) in [4.78, 5) is 0. The topological polar surface area (TPSA) is 64.9 Å². The Morgan fingerprint density at radius 2 is 1.74 bits per heavy atom. The molecule has 4 nitrogen and oxygen atoms in total. The monoisotopic (exact) mass is 261 g/mol. The van der Waals surface area contributed by atoms with Gasteiger partial charge in [-0.3, -0.25) is 0 Å². The molecule has 1 atom stereocenters. The van der Waals surface area contributed by atoms with Crippen molar-refractivity contribution in [3.05, 3.63) is 5.89 Å². The predicted octanol–water partition coefficient (Wildman–Crippen LogP) is 3.22. The second-order valence-electron chi connectivity index (χ2n) is 7.00. The fourth-order valence-electron chi connectivity index (χ4n) is 5.63. The molecule has 0 spiro atoms. The van der Waals surface area contributed by atoms with Crippen LogP contribution in [0.3, 0.4) is 0 Å². The molecule has 4 aliphatic carbocycles. The zero-order valence-corrected chi connectivity index (χ0v) is 11.6. The second kappa shape index (κ2) is 4.22. The summed E-state index contributed by atoms with van der Waals surface area (Å²) in [6, 6.07) is 0.220. The maximum absolute atomic E-state index is 5.61. The van der Waals surface area contributed by atoms with Crippen LogP contribution in [0.5, 0.6) is 0 Å². The Kier molecular flexibility index (Phi) is 2.61. The molecule has 0 radical (unpaired) electrons. The van der Waals surface area contributed by atoms with Crippen LogP contribution in [-0.4, -0.2) is 10.2 Å². The van der Waals surface area contributed by atoms with E-state index in [0.29, 0.717) is 5.92 Å². The van der Waals surface area contributed by atoms with Gasteiger partial charge in [0.1, 0.15) is 0 Å². The van der Waals surface area contributed by atoms with Gasteiger partial charge in [-0.1, -0.05) is 12.0 Å². The zero-order valence-electron chi connectivity index (χ0n) is 11.6. The lowest BCUT2D eigenvalue weighted by Gasteiger charge is -2.56. The molecule has 0 amide bonds. The number of aromatic nitrogens is 2. The Labute approximate surface area is 114 Å². The number of nitrogens with zero attached hydrogens (tertiary/aromatic N) is 2. The number of hydrogen-bond acceptors (Lipinski definition) is 4. The van der Waals surface area contributed by atoms with Crippen LogP contribution >= 0.6 is 0 Å². The first-order chi connectivity index (χ1) is 9.24. The van der Waals surface area contributed by atoms with E-state index in [4.69, 9.17) is 10.2 Å². The standard InChI is InChI=1S/C15H23N3O/c1-2-12(14-17-18-15(16)19-14)13-10-4-8-3-9(6-10)7-11(13)5-8/h8-13H,2-7H2,1H3,(H2,16,18). The van der Waals surface area contributed by atoms with E-state index in [2.05, 4.69) is 17.1 Å². The van der Waals surface area contributed by atoms with Gasteiger partial charge in [0.05, 0.1) is 0 Å². The average Bonchev–Trinajstić information content (AvgIpc) is 2.79. The predicted molar refractivity (Wildman–Crippen MR) is 72.3 cm³/mol. The summed E-state index contributed by atoms with van der Waals surface area (Å²) in [5, 5.41) is 8.04. The highest BCUT2D eigenvalue weighted by Crippen LogP contribution is 2.60. The van der Waals surface area contributed by atoms with Gasteiger partial charge in [0.2, 0.25) is 5.89 Å². The van der Waals surface area contributed by atoms with Gasteiger partial charge >= 0.3 is 6.01 Å². The Bertz CT molecular complexity index is 442. The van der Waals surface area contributed by atoms with E-state index in [1.165, 1.54) is 32.1 Å². The Balaban J connectivity index is 1.63. The highest BCUT2D eigenvalue weighted by molar-refractivity contribution is 5.10. The molecule has 4 bridgehead atoms. The van der Waals surface area contributed by atoms with E-state index in [9.17, 15) is 0 Å². The Hall–Kier alpha value is -1.06. The SMILES string of the molecule is CCC(c1nnc(N)o1)C1C2CC3CC(C2)CC1C3. The van der Waals surface area contributed by atoms with Crippen molar-refractivity contribution in [2.24, 2.45) is 29.6 Å². The summed E-state index contributed by atoms with van der Waals surface area (Å²) in [7, 11) is 0. The molecular weight excluding hydrogens is 238 g/mol. The summed E-state index contributed by atoms with van der Waals surface area (Å²) in [5.74, 6) is 5.81. The summed E-state index contributed by atoms with van der Waals surface area (Å²) in [6.45, 7) is 2.25. The van der Waals surface area contributed by atoms with E-state index in [0.717, 1.165) is 41.9 Å². The van der Waals surface area contributed by atoms with Gasteiger partial charge in [-0.2, -0.15) is 0 Å². The highest BCUT2D eigenvalue weighted by atomic mass is 16.4. The van der Waals surface area contributed by atoms with Crippen LogP contribution in [0.2, 0.25) is 0 Å². The van der Waals surface area contributed by atoms with Crippen LogP contribution < -0.4 is 5.73 Å². The molecule has 1 aromatic rings. The average molecular weight is 261 g/mol. The summed E-state index contributed by atoms with van der Waals surface area (Å²) >= 11 is 0. The van der Waals surface area contributed by atoms with E-state index < -0.39 is 0 Å². The lowest BCUT2D eigenvalue weighted by molar-refractivity contribution is -0.0515. The zero-order chi connectivity index (χ0) is 13.0. The molecule has 1 unspecified atom stereocenters. The van der Waals surface area contributed by atoms with Crippen molar-refractivity contribution >= 4 is 6.01 Å². The second-order valence-corrected chi connectivity index (χ2v) is 7.00. The van der Waals surface area contributed by atoms with Crippen molar-refractivity contribution in [2.45, 2.75) is 51.4 Å². The van der Waals surface area contributed by atoms with Crippen LogP contribution in [-0.2, 0) is 0 Å². The van der Waals surface area contributed by atoms with Crippen molar-refractivity contribution in [1.29, 1.82) is 0 Å². The third-order valence-electron chi connectivity index (χ3n) is 5.98. The van der Waals surface area contributed by atoms with Crippen molar-refractivity contribution in [1.82, 2.24) is 10.2 Å². The molecule has 0 saturated heterocycles. The van der Waals surface area contributed by atoms with E-state index in [-0.39, 0.29) is 6.01 Å². The normalized spacial score (nSPS) is 41.6. The number of hydrogen-bond donors (Lipinski definition) is 1. The van der Waals surface area contributed by atoms with Gasteiger partial charge < -0.3 is 10.2 Å². The quantitative estimate of drug-likeness (QED) is 0.907. The molecule has 19 heavy (non-hydrogen) atoms. The van der Waals surface area contributed by atoms with Crippen LogP contribution in [0, 0.1) is 29.6 Å². The molecule has 1 aromatic heterocycles. The Morgan fingerprint density at radius 1 is 1.11 bits per heavy atom. The lowest BCUT2D eigenvalue weighted by atomic mass is 9.49. The molecule has 4 fully saturated rings. The molecule has 2 N–H and O–H groups in total. The van der Waals surface area contributed by atoms with Crippen molar-refractivity contribution in [2.75, 3.05) is 5.73 Å². The van der Waals surface area contributed by atoms with Gasteiger partial charge in [-0.25, -0.2) is 0 Å². The maximum Gasteiger partial charge on any atom is 0.312 e. The lowest BCUT2D eigenvalue weighted by Crippen LogP contribution is -2.47. The summed E-state index contributed by atoms with van der Waals surface area (Å²) in [5.41, 5.74) is 5.61. The largest absolute Gasteiger partial charge is 0.408 e. The molecule has 4 aliphatic rings. The fourth-order valence-corrected chi connectivity index (χ4v) is 5.63. The van der Waals surface area contributed by atoms with Crippen LogP contribution in [0.15, 0.2) is 4.42 Å². The molecule has 4 saturated carbocycles. The van der Waals surface area contributed by atoms with Crippen LogP contribution in [0.4, 0.5) is 6.01 Å². The summed E-state index contributed by atoms with van der Waals surface area (Å²) in [6.07, 6.45) is 8.36. The third kappa shape index (κ3) is 1.79. The van der Waals surface area contributed by atoms with Crippen molar-refractivity contribution in [3.8, 4) is 0 Å². The van der Waals surface area contributed by atoms with Gasteiger partial charge in [0.25, 0.3) is 0 Å². The fraction of sp³-hybridized carbons (Fsp3) is 0.867. The molecule has 104 valence electrons. The first-order valence-electron chi connectivity index (χ1n) is 7.83. The van der Waals surface area contributed by atoms with E-state index in [1.54, 1.807) is 0 Å². The highest BCUT2D eigenvalue weighted by Gasteiger charge is 2.51. The van der Waals surface area contributed by atoms with Crippen LogP contribution in [0.1, 0.15) is 57.3 Å². The third-order valence-corrected chi connectivity index (χ3v) is 5.98.